The zero-order chi connectivity index (χ0) is 4.57. The molecule has 0 N–H and O–H groups in total. The van der Waals surface area contributed by atoms with Gasteiger partial charge in [0.25, 0.3) is 0 Å². The van der Waals surface area contributed by atoms with Crippen molar-refractivity contribution in [3.05, 3.63) is 10.1 Å². The molecule has 2 heteroatoms. The Morgan fingerprint density at radius 3 is 1.33 bits per heavy atom. The lowest BCUT2D eigenvalue weighted by molar-refractivity contribution is 0.913. The molecule has 0 saturated heterocycles. The molecule has 0 aromatic rings. The van der Waals surface area contributed by atoms with Crippen LogP contribution < -0.4 is 0 Å². The third-order valence-corrected chi connectivity index (χ3v) is 1.79. The van der Waals surface area contributed by atoms with Gasteiger partial charge in [0.1, 0.15) is 0 Å². The first-order chi connectivity index (χ1) is 2.80. The molecule has 0 saturated carbocycles. The van der Waals surface area contributed by atoms with E-state index in [1.807, 2.05) is 0 Å². The number of allylic oxidation sites excluding steroid dienone is 2. The van der Waals surface area contributed by atoms with Gasteiger partial charge in [-0.25, -0.2) is 0 Å². The molecule has 0 atom stereocenters. The Morgan fingerprint density at radius 1 is 1.00 bits per heavy atom. The van der Waals surface area contributed by atoms with Gasteiger partial charge in [0.2, 0.25) is 0 Å². The molecule has 0 heterocycles. The van der Waals surface area contributed by atoms with E-state index >= 15 is 0 Å². The second-order valence-corrected chi connectivity index (χ2v) is 2.22. The molecular formula is C4H4Cl2. The van der Waals surface area contributed by atoms with Crippen molar-refractivity contribution < 1.29 is 0 Å². The standard InChI is InChI=1S/C4H4Cl2/c5-3-1-2-4(3)6/h1-2H2. The molecule has 0 nitrogen and oxygen atoms in total. The van der Waals surface area contributed by atoms with Crippen LogP contribution in [0.1, 0.15) is 12.8 Å². The summed E-state index contributed by atoms with van der Waals surface area (Å²) in [5.41, 5.74) is 0. The van der Waals surface area contributed by atoms with Gasteiger partial charge in [-0.1, -0.05) is 23.2 Å². The van der Waals surface area contributed by atoms with E-state index < -0.39 is 0 Å². The number of hydrogen-bond acceptors (Lipinski definition) is 0. The van der Waals surface area contributed by atoms with E-state index in [4.69, 9.17) is 23.2 Å². The third kappa shape index (κ3) is 0.548. The van der Waals surface area contributed by atoms with E-state index in [1.165, 1.54) is 0 Å². The summed E-state index contributed by atoms with van der Waals surface area (Å²) in [5.74, 6) is 0. The smallest absolute Gasteiger partial charge is 0.0329 e. The van der Waals surface area contributed by atoms with Crippen LogP contribution >= 0.6 is 23.2 Å². The molecule has 0 amide bonds. The highest BCUT2D eigenvalue weighted by molar-refractivity contribution is 6.40. The lowest BCUT2D eigenvalue weighted by Crippen LogP contribution is -1.90. The minimum absolute atomic E-state index is 0.844. The van der Waals surface area contributed by atoms with Crippen molar-refractivity contribution in [3.8, 4) is 0 Å². The van der Waals surface area contributed by atoms with Crippen LogP contribution in [0.4, 0.5) is 0 Å². The zero-order valence-corrected chi connectivity index (χ0v) is 4.68. The molecule has 0 unspecified atom stereocenters. The minimum atomic E-state index is 0.844. The van der Waals surface area contributed by atoms with E-state index in [2.05, 4.69) is 0 Å². The highest BCUT2D eigenvalue weighted by Crippen LogP contribution is 2.33. The van der Waals surface area contributed by atoms with E-state index in [-0.39, 0.29) is 0 Å². The van der Waals surface area contributed by atoms with Crippen LogP contribution in [-0.2, 0) is 0 Å². The van der Waals surface area contributed by atoms with Crippen LogP contribution in [0, 0.1) is 0 Å². The van der Waals surface area contributed by atoms with Crippen molar-refractivity contribution in [2.24, 2.45) is 0 Å². The van der Waals surface area contributed by atoms with Crippen LogP contribution in [0.5, 0.6) is 0 Å². The van der Waals surface area contributed by atoms with E-state index in [1.54, 1.807) is 0 Å². The summed E-state index contributed by atoms with van der Waals surface area (Å²) in [5, 5.41) is 1.69. The van der Waals surface area contributed by atoms with Gasteiger partial charge in [-0.2, -0.15) is 0 Å². The molecule has 0 aromatic carbocycles. The highest BCUT2D eigenvalue weighted by Gasteiger charge is 2.10. The predicted molar refractivity (Wildman–Crippen MR) is 28.0 cm³/mol. The molecule has 6 heavy (non-hydrogen) atoms. The van der Waals surface area contributed by atoms with Gasteiger partial charge in [0, 0.05) is 10.1 Å². The Balaban J connectivity index is 2.66. The fourth-order valence-corrected chi connectivity index (χ4v) is 0.692. The molecular weight excluding hydrogens is 119 g/mol. The van der Waals surface area contributed by atoms with Crippen LogP contribution in [0.3, 0.4) is 0 Å². The molecule has 0 aromatic heterocycles. The van der Waals surface area contributed by atoms with Gasteiger partial charge in [0.05, 0.1) is 0 Å². The Labute approximate surface area is 46.7 Å². The van der Waals surface area contributed by atoms with Gasteiger partial charge >= 0.3 is 0 Å². The maximum Gasteiger partial charge on any atom is 0.0329 e. The van der Waals surface area contributed by atoms with E-state index in [0.29, 0.717) is 0 Å². The number of rotatable bonds is 0. The molecule has 0 aliphatic heterocycles. The summed E-state index contributed by atoms with van der Waals surface area (Å²) in [6, 6.07) is 0. The topological polar surface area (TPSA) is 0 Å². The molecule has 1 rings (SSSR count). The average Bonchev–Trinajstić information content (AvgIpc) is 1.61. The predicted octanol–water partition coefficient (Wildman–Crippen LogP) is 2.47. The van der Waals surface area contributed by atoms with Crippen molar-refractivity contribution in [1.82, 2.24) is 0 Å². The number of halogens is 2. The third-order valence-electron chi connectivity index (χ3n) is 0.858. The van der Waals surface area contributed by atoms with Crippen molar-refractivity contribution in [2.75, 3.05) is 0 Å². The molecule has 0 bridgehead atoms. The summed E-state index contributed by atoms with van der Waals surface area (Å²) in [6.07, 6.45) is 1.97. The summed E-state index contributed by atoms with van der Waals surface area (Å²) < 4.78 is 0. The van der Waals surface area contributed by atoms with Crippen LogP contribution in [0.15, 0.2) is 10.1 Å². The quantitative estimate of drug-likeness (QED) is 0.464. The summed E-state index contributed by atoms with van der Waals surface area (Å²) in [6.45, 7) is 0. The summed E-state index contributed by atoms with van der Waals surface area (Å²) in [4.78, 5) is 0. The molecule has 1 aliphatic carbocycles. The van der Waals surface area contributed by atoms with Gasteiger partial charge in [-0.15, -0.1) is 0 Å². The largest absolute Gasteiger partial charge is 0.0879 e. The lowest BCUT2D eigenvalue weighted by atomic mass is 10.1. The second kappa shape index (κ2) is 1.43. The first-order valence-corrected chi connectivity index (χ1v) is 2.59. The normalized spacial score (nSPS) is 21.0. The fourth-order valence-electron chi connectivity index (χ4n) is 0.314. The van der Waals surface area contributed by atoms with Crippen molar-refractivity contribution in [3.63, 3.8) is 0 Å². The molecule has 1 aliphatic rings. The van der Waals surface area contributed by atoms with Crippen LogP contribution in [0.25, 0.3) is 0 Å². The molecule has 0 spiro atoms. The Kier molecular flexibility index (Phi) is 1.07. The van der Waals surface area contributed by atoms with Crippen LogP contribution in [0.2, 0.25) is 0 Å². The first kappa shape index (κ1) is 4.48. The number of hydrogen-bond donors (Lipinski definition) is 0. The Morgan fingerprint density at radius 2 is 1.33 bits per heavy atom. The first-order valence-electron chi connectivity index (χ1n) is 1.84. The molecule has 0 radical (unpaired) electrons. The maximum absolute atomic E-state index is 5.45. The fraction of sp³-hybridized carbons (Fsp3) is 0.500. The van der Waals surface area contributed by atoms with Gasteiger partial charge in [-0.3, -0.25) is 0 Å². The van der Waals surface area contributed by atoms with Gasteiger partial charge in [0.15, 0.2) is 0 Å². The van der Waals surface area contributed by atoms with Crippen molar-refractivity contribution in [2.45, 2.75) is 12.8 Å². The minimum Gasteiger partial charge on any atom is -0.0879 e. The second-order valence-electron chi connectivity index (χ2n) is 1.31. The summed E-state index contributed by atoms with van der Waals surface area (Å²) >= 11 is 10.9. The molecule has 34 valence electrons. The monoisotopic (exact) mass is 122 g/mol. The van der Waals surface area contributed by atoms with Crippen LogP contribution in [-0.4, -0.2) is 0 Å². The average molecular weight is 123 g/mol. The highest BCUT2D eigenvalue weighted by atomic mass is 35.5. The Bertz CT molecular complexity index is 81.7. The molecule has 0 fully saturated rings. The van der Waals surface area contributed by atoms with Crippen molar-refractivity contribution in [1.29, 1.82) is 0 Å². The lowest BCUT2D eigenvalue weighted by Gasteiger charge is -2.09. The van der Waals surface area contributed by atoms with E-state index in [9.17, 15) is 0 Å². The SMILES string of the molecule is ClC1=C(Cl)CC1. The van der Waals surface area contributed by atoms with E-state index in [0.717, 1.165) is 22.9 Å². The summed E-state index contributed by atoms with van der Waals surface area (Å²) in [7, 11) is 0. The zero-order valence-electron chi connectivity index (χ0n) is 3.17. The van der Waals surface area contributed by atoms with Crippen molar-refractivity contribution >= 4 is 23.2 Å². The van der Waals surface area contributed by atoms with Gasteiger partial charge in [-0.05, 0) is 12.8 Å². The van der Waals surface area contributed by atoms with Gasteiger partial charge < -0.3 is 0 Å². The maximum atomic E-state index is 5.45. The Hall–Kier alpha value is 0.320.